The number of aliphatic imine (C=N–C) groups is 1. The topological polar surface area (TPSA) is 54.7 Å². The molecular formula is C30H27N2O2PtS-. The second-order valence-corrected chi connectivity index (χ2v) is 11.6. The first-order valence-electron chi connectivity index (χ1n) is 11.9. The zero-order valence-corrected chi connectivity index (χ0v) is 23.6. The number of phenolic OH excluding ortho intramolecular Hbond substituents is 1. The third-order valence-electron chi connectivity index (χ3n) is 7.43. The molecule has 0 unspecified atom stereocenters. The SMILES string of the molecule is CC1(C)c2ccccc2C(C)(C)[C@H]2SC(c3[c-]c(Oc4ccc5cccc(O)c5n4)ccc3)=N[C@H]21.[Pt]. The van der Waals surface area contributed by atoms with Gasteiger partial charge in [0, 0.05) is 59.4 Å². The van der Waals surface area contributed by atoms with E-state index in [-0.39, 0.29) is 43.7 Å². The van der Waals surface area contributed by atoms with Gasteiger partial charge in [-0.3, -0.25) is 0 Å². The van der Waals surface area contributed by atoms with Crippen LogP contribution in [0.4, 0.5) is 0 Å². The fraction of sp³-hybridized carbons (Fsp3) is 0.267. The van der Waals surface area contributed by atoms with Gasteiger partial charge in [0.2, 0.25) is 5.88 Å². The van der Waals surface area contributed by atoms with E-state index >= 15 is 0 Å². The Balaban J connectivity index is 0.00000267. The molecule has 0 saturated heterocycles. The van der Waals surface area contributed by atoms with Gasteiger partial charge in [-0.15, -0.1) is 23.8 Å². The van der Waals surface area contributed by atoms with Crippen molar-refractivity contribution in [2.24, 2.45) is 4.99 Å². The van der Waals surface area contributed by atoms with Gasteiger partial charge in [0.15, 0.2) is 0 Å². The fourth-order valence-corrected chi connectivity index (χ4v) is 7.07. The molecule has 0 bridgehead atoms. The van der Waals surface area contributed by atoms with E-state index in [1.165, 1.54) is 11.1 Å². The summed E-state index contributed by atoms with van der Waals surface area (Å²) in [5.41, 5.74) is 4.20. The Morgan fingerprint density at radius 2 is 1.58 bits per heavy atom. The predicted molar refractivity (Wildman–Crippen MR) is 143 cm³/mol. The number of phenols is 1. The van der Waals surface area contributed by atoms with E-state index in [0.29, 0.717) is 22.4 Å². The van der Waals surface area contributed by atoms with Crippen LogP contribution in [-0.4, -0.2) is 26.4 Å². The van der Waals surface area contributed by atoms with Crippen LogP contribution in [0, 0.1) is 6.07 Å². The molecule has 0 amide bonds. The number of benzene rings is 3. The molecule has 0 fully saturated rings. The molecule has 1 aliphatic heterocycles. The van der Waals surface area contributed by atoms with Gasteiger partial charge in [-0.2, -0.15) is 11.8 Å². The molecule has 1 aromatic heterocycles. The molecular weight excluding hydrogens is 647 g/mol. The Bertz CT molecular complexity index is 1500. The van der Waals surface area contributed by atoms with Crippen molar-refractivity contribution in [3.8, 4) is 17.4 Å². The van der Waals surface area contributed by atoms with Crippen molar-refractivity contribution in [2.75, 3.05) is 0 Å². The van der Waals surface area contributed by atoms with Crippen LogP contribution in [0.3, 0.4) is 0 Å². The summed E-state index contributed by atoms with van der Waals surface area (Å²) >= 11 is 1.85. The molecule has 0 saturated carbocycles. The van der Waals surface area contributed by atoms with E-state index in [1.54, 1.807) is 18.2 Å². The molecule has 2 heterocycles. The van der Waals surface area contributed by atoms with Gasteiger partial charge >= 0.3 is 0 Å². The Morgan fingerprint density at radius 3 is 2.36 bits per heavy atom. The molecule has 36 heavy (non-hydrogen) atoms. The first kappa shape index (κ1) is 25.0. The van der Waals surface area contributed by atoms with E-state index in [9.17, 15) is 5.11 Å². The number of thioether (sulfide) groups is 1. The average molecular weight is 675 g/mol. The molecule has 0 spiro atoms. The number of hydrogen-bond acceptors (Lipinski definition) is 5. The molecule has 4 nitrogen and oxygen atoms in total. The third kappa shape index (κ3) is 3.97. The van der Waals surface area contributed by atoms with Crippen molar-refractivity contribution in [1.29, 1.82) is 0 Å². The first-order valence-corrected chi connectivity index (χ1v) is 12.8. The van der Waals surface area contributed by atoms with Crippen LogP contribution in [0.15, 0.2) is 77.8 Å². The van der Waals surface area contributed by atoms with Crippen LogP contribution in [0.1, 0.15) is 44.4 Å². The monoisotopic (exact) mass is 674 g/mol. The molecule has 0 radical (unpaired) electrons. The number of nitrogens with zero attached hydrogens (tertiary/aromatic N) is 2. The summed E-state index contributed by atoms with van der Waals surface area (Å²) in [6.07, 6.45) is 0. The average Bonchev–Trinajstić information content (AvgIpc) is 3.32. The van der Waals surface area contributed by atoms with Gasteiger partial charge in [0.1, 0.15) is 11.3 Å². The van der Waals surface area contributed by atoms with Crippen molar-refractivity contribution >= 4 is 27.7 Å². The smallest absolute Gasteiger partial charge is 0.217 e. The van der Waals surface area contributed by atoms with E-state index in [1.807, 2.05) is 42.1 Å². The summed E-state index contributed by atoms with van der Waals surface area (Å²) in [5, 5.41) is 12.4. The summed E-state index contributed by atoms with van der Waals surface area (Å²) < 4.78 is 6.05. The summed E-state index contributed by atoms with van der Waals surface area (Å²) in [5.74, 6) is 1.13. The Kier molecular flexibility index (Phi) is 6.29. The van der Waals surface area contributed by atoms with E-state index in [2.05, 4.69) is 63.0 Å². The van der Waals surface area contributed by atoms with E-state index in [0.717, 1.165) is 16.0 Å². The predicted octanol–water partition coefficient (Wildman–Crippen LogP) is 7.03. The van der Waals surface area contributed by atoms with Gasteiger partial charge in [0.25, 0.3) is 0 Å². The normalized spacial score (nSPS) is 21.2. The van der Waals surface area contributed by atoms with Crippen LogP contribution in [0.2, 0.25) is 0 Å². The zero-order chi connectivity index (χ0) is 24.4. The summed E-state index contributed by atoms with van der Waals surface area (Å²) in [6, 6.07) is 27.3. The summed E-state index contributed by atoms with van der Waals surface area (Å²) in [4.78, 5) is 9.76. The number of pyridine rings is 1. The van der Waals surface area contributed by atoms with Crippen molar-refractivity contribution in [1.82, 2.24) is 4.98 Å². The number of para-hydroxylation sites is 1. The Hall–Kier alpha value is -2.62. The molecule has 1 N–H and O–H groups in total. The van der Waals surface area contributed by atoms with Crippen LogP contribution in [0.5, 0.6) is 17.4 Å². The van der Waals surface area contributed by atoms with Gasteiger partial charge in [-0.25, -0.2) is 4.98 Å². The number of ether oxygens (including phenoxy) is 1. The number of fused-ring (bicyclic) bond motifs is 3. The zero-order valence-electron chi connectivity index (χ0n) is 20.6. The second kappa shape index (κ2) is 9.04. The molecule has 2 aliphatic rings. The van der Waals surface area contributed by atoms with Crippen molar-refractivity contribution in [3.05, 3.63) is 95.6 Å². The minimum absolute atomic E-state index is 0. The Labute approximate surface area is 230 Å². The number of rotatable bonds is 3. The number of hydrogen-bond donors (Lipinski definition) is 1. The van der Waals surface area contributed by atoms with Crippen LogP contribution < -0.4 is 4.74 Å². The van der Waals surface area contributed by atoms with Crippen LogP contribution in [-0.2, 0) is 31.9 Å². The quantitative estimate of drug-likeness (QED) is 0.237. The molecule has 3 aromatic carbocycles. The first-order chi connectivity index (χ1) is 16.7. The van der Waals surface area contributed by atoms with Crippen LogP contribution >= 0.6 is 11.8 Å². The number of aromatic hydroxyl groups is 1. The maximum atomic E-state index is 10.2. The molecule has 6 heteroatoms. The maximum Gasteiger partial charge on any atom is 0.217 e. The van der Waals surface area contributed by atoms with Crippen molar-refractivity contribution in [3.63, 3.8) is 0 Å². The van der Waals surface area contributed by atoms with E-state index < -0.39 is 0 Å². The van der Waals surface area contributed by atoms with Crippen molar-refractivity contribution < 1.29 is 30.9 Å². The Morgan fingerprint density at radius 1 is 0.861 bits per heavy atom. The molecule has 2 atom stereocenters. The number of aromatic nitrogens is 1. The largest absolute Gasteiger partial charge is 0.506 e. The second-order valence-electron chi connectivity index (χ2n) is 10.4. The molecule has 4 aromatic rings. The van der Waals surface area contributed by atoms with E-state index in [4.69, 9.17) is 9.73 Å². The van der Waals surface area contributed by atoms with Gasteiger partial charge in [-0.05, 0) is 23.3 Å². The maximum absolute atomic E-state index is 10.2. The van der Waals surface area contributed by atoms with Gasteiger partial charge in [0.05, 0.1) is 6.04 Å². The minimum Gasteiger partial charge on any atom is -0.506 e. The molecule has 1 aliphatic carbocycles. The third-order valence-corrected chi connectivity index (χ3v) is 9.08. The van der Waals surface area contributed by atoms with Gasteiger partial charge < -0.3 is 14.8 Å². The van der Waals surface area contributed by atoms with Crippen LogP contribution in [0.25, 0.3) is 10.9 Å². The molecule has 6 rings (SSSR count). The molecule has 186 valence electrons. The van der Waals surface area contributed by atoms with Gasteiger partial charge in [-0.1, -0.05) is 70.2 Å². The summed E-state index contributed by atoms with van der Waals surface area (Å²) in [6.45, 7) is 9.31. The fourth-order valence-electron chi connectivity index (χ4n) is 5.46. The standard InChI is InChI=1S/C30H27N2O2S.Pt/c1-29(2)21-12-5-6-13-22(21)30(3,4)27-26(29)32-28(35-27)19-10-7-11-20(17-19)34-24-16-15-18-9-8-14-23(33)25(18)31-24;/h5-16,26-27,33H,1-4H3;/q-1;/t26-,27+;/m1./s1. The van der Waals surface area contributed by atoms with Crippen molar-refractivity contribution in [2.45, 2.75) is 49.8 Å². The summed E-state index contributed by atoms with van der Waals surface area (Å²) in [7, 11) is 0. The minimum atomic E-state index is -0.0589.